The first-order valence-corrected chi connectivity index (χ1v) is 18.5. The van der Waals surface area contributed by atoms with Crippen molar-refractivity contribution in [1.29, 1.82) is 0 Å². The fourth-order valence-corrected chi connectivity index (χ4v) is 9.84. The Morgan fingerprint density at radius 2 is 1.57 bits per heavy atom. The number of rotatable bonds is 7. The zero-order valence-corrected chi connectivity index (χ0v) is 31.3. The maximum atomic E-state index is 15.5. The molecule has 6 atom stereocenters. The highest BCUT2D eigenvalue weighted by Gasteiger charge is 2.70. The number of carbonyl (C=O) groups excluding carboxylic acids is 4. The van der Waals surface area contributed by atoms with E-state index >= 15 is 4.79 Å². The zero-order valence-electron chi connectivity index (χ0n) is 29.8. The van der Waals surface area contributed by atoms with Crippen molar-refractivity contribution in [1.82, 2.24) is 5.01 Å². The highest BCUT2D eigenvalue weighted by molar-refractivity contribution is 6.36. The number of nitrogens with one attached hydrogen (secondary N) is 1. The summed E-state index contributed by atoms with van der Waals surface area (Å²) in [6.07, 6.45) is 4.11. The zero-order chi connectivity index (χ0) is 38.2. The van der Waals surface area contributed by atoms with E-state index in [1.807, 2.05) is 30.3 Å². The van der Waals surface area contributed by atoms with Gasteiger partial charge < -0.3 is 9.84 Å². The molecular weight excluding hydrogens is 725 g/mol. The van der Waals surface area contributed by atoms with Crippen LogP contribution in [0.4, 0.5) is 11.4 Å². The van der Waals surface area contributed by atoms with Crippen LogP contribution in [0.2, 0.25) is 10.0 Å². The number of phenols is 1. The molecule has 2 saturated heterocycles. The van der Waals surface area contributed by atoms with E-state index in [0.717, 1.165) is 16.1 Å². The summed E-state index contributed by atoms with van der Waals surface area (Å²) in [5.41, 5.74) is 6.45. The van der Waals surface area contributed by atoms with Crippen molar-refractivity contribution in [2.24, 2.45) is 23.7 Å². The number of nitrogens with zero attached hydrogens (tertiary/aromatic N) is 2. The summed E-state index contributed by atoms with van der Waals surface area (Å²) in [6.45, 7) is 7.39. The van der Waals surface area contributed by atoms with Gasteiger partial charge in [-0.15, -0.1) is 0 Å². The fraction of sp³-hybridized carbons (Fsp3) is 0.256. The third-order valence-corrected chi connectivity index (χ3v) is 12.4. The Morgan fingerprint density at radius 1 is 0.889 bits per heavy atom. The minimum atomic E-state index is -1.51. The Kier molecular flexibility index (Phi) is 8.70. The number of hydrazine groups is 1. The van der Waals surface area contributed by atoms with Crippen molar-refractivity contribution in [2.45, 2.75) is 38.0 Å². The number of hydrogen-bond acceptors (Lipinski definition) is 7. The highest BCUT2D eigenvalue weighted by atomic mass is 35.5. The number of methoxy groups -OCH3 is 1. The maximum Gasteiger partial charge on any atom is 0.260 e. The second-order valence-electron chi connectivity index (χ2n) is 14.5. The van der Waals surface area contributed by atoms with Crippen LogP contribution < -0.4 is 15.1 Å². The predicted molar refractivity (Wildman–Crippen MR) is 207 cm³/mol. The monoisotopic (exact) mass is 761 g/mol. The molecule has 0 bridgehead atoms. The second kappa shape index (κ2) is 13.2. The first-order valence-electron chi connectivity index (χ1n) is 17.8. The van der Waals surface area contributed by atoms with Crippen molar-refractivity contribution in [2.75, 3.05) is 17.4 Å². The van der Waals surface area contributed by atoms with Crippen LogP contribution in [-0.2, 0) is 24.6 Å². The minimum absolute atomic E-state index is 0.128. The first-order chi connectivity index (χ1) is 25.9. The Bertz CT molecular complexity index is 2280. The van der Waals surface area contributed by atoms with Gasteiger partial charge >= 0.3 is 0 Å². The number of benzene rings is 4. The van der Waals surface area contributed by atoms with Crippen LogP contribution in [0.15, 0.2) is 97.1 Å². The van der Waals surface area contributed by atoms with E-state index in [0.29, 0.717) is 44.4 Å². The standard InChI is InChI=1S/C43H37Cl2N3O6/c1-5-24-6-11-28(12-7-24)47-39(50)31-16-15-30-32(36(31)41(47)52)21-33-40(51)48(46-35-17-10-27(44)20-34(35)45)42(53)43(33,26-8-13-29(54-4)14-9-26)37(30)25-18-22(2)38(49)23(3)19-25/h5-15,17-20,31-33,36-37,46,49H,1,16,21H2,2-4H3. The molecule has 2 N–H and O–H groups in total. The summed E-state index contributed by atoms with van der Waals surface area (Å²) in [5, 5.41) is 12.6. The van der Waals surface area contributed by atoms with E-state index in [4.69, 9.17) is 27.9 Å². The van der Waals surface area contributed by atoms with Gasteiger partial charge in [0.15, 0.2) is 0 Å². The van der Waals surface area contributed by atoms with Crippen LogP contribution in [0.1, 0.15) is 46.6 Å². The molecule has 54 heavy (non-hydrogen) atoms. The Morgan fingerprint density at radius 3 is 2.20 bits per heavy atom. The average Bonchev–Trinajstić information content (AvgIpc) is 3.55. The number of amides is 4. The van der Waals surface area contributed by atoms with E-state index in [9.17, 15) is 19.5 Å². The molecule has 9 nitrogen and oxygen atoms in total. The predicted octanol–water partition coefficient (Wildman–Crippen LogP) is 8.16. The number of ether oxygens (including phenoxy) is 1. The largest absolute Gasteiger partial charge is 0.507 e. The topological polar surface area (TPSA) is 116 Å². The third kappa shape index (κ3) is 5.20. The molecule has 4 aromatic rings. The van der Waals surface area contributed by atoms with Crippen LogP contribution in [-0.4, -0.2) is 40.9 Å². The minimum Gasteiger partial charge on any atom is -0.507 e. The lowest BCUT2D eigenvalue weighted by Gasteiger charge is -2.50. The molecule has 2 aliphatic heterocycles. The lowest BCUT2D eigenvalue weighted by atomic mass is 9.49. The van der Waals surface area contributed by atoms with Crippen molar-refractivity contribution >= 4 is 64.3 Å². The summed E-state index contributed by atoms with van der Waals surface area (Å²) in [5.74, 6) is -4.60. The number of allylic oxidation sites excluding steroid dienone is 2. The maximum absolute atomic E-state index is 15.5. The second-order valence-corrected chi connectivity index (χ2v) is 15.4. The molecule has 0 spiro atoms. The van der Waals surface area contributed by atoms with Crippen LogP contribution in [0.5, 0.6) is 11.5 Å². The summed E-state index contributed by atoms with van der Waals surface area (Å²) < 4.78 is 5.49. The van der Waals surface area contributed by atoms with Gasteiger partial charge in [-0.1, -0.05) is 83.9 Å². The molecule has 6 unspecified atom stereocenters. The molecule has 11 heteroatoms. The molecule has 0 aromatic heterocycles. The van der Waals surface area contributed by atoms with Gasteiger partial charge in [0.1, 0.15) is 11.5 Å². The SMILES string of the molecule is C=Cc1ccc(N2C(=O)C3CC=C4C(CC5C(=O)N(Nc6ccc(Cl)cc6Cl)C(=O)C5(c5ccc(OC)cc5)C4c4cc(C)c(O)c(C)c4)C3C2=O)cc1. The fourth-order valence-electron chi connectivity index (χ4n) is 9.39. The number of aryl methyl sites for hydroxylation is 2. The first kappa shape index (κ1) is 35.6. The van der Waals surface area contributed by atoms with Crippen LogP contribution in [0, 0.1) is 37.5 Å². The van der Waals surface area contributed by atoms with E-state index in [1.165, 1.54) is 11.0 Å². The van der Waals surface area contributed by atoms with Crippen molar-refractivity contribution < 1.29 is 29.0 Å². The molecule has 274 valence electrons. The van der Waals surface area contributed by atoms with E-state index < -0.39 is 46.8 Å². The molecule has 8 rings (SSSR count). The Balaban J connectivity index is 1.33. The molecule has 2 aliphatic carbocycles. The van der Waals surface area contributed by atoms with Crippen LogP contribution in [0.3, 0.4) is 0 Å². The normalized spacial score (nSPS) is 25.9. The number of carbonyl (C=O) groups is 4. The molecule has 2 heterocycles. The van der Waals surface area contributed by atoms with Gasteiger partial charge in [0, 0.05) is 10.9 Å². The third-order valence-electron chi connectivity index (χ3n) is 11.8. The summed E-state index contributed by atoms with van der Waals surface area (Å²) >= 11 is 12.8. The summed E-state index contributed by atoms with van der Waals surface area (Å²) in [6, 6.07) is 22.7. The number of imide groups is 2. The molecule has 1 saturated carbocycles. The van der Waals surface area contributed by atoms with E-state index in [1.54, 1.807) is 75.6 Å². The van der Waals surface area contributed by atoms with Crippen molar-refractivity contribution in [3.8, 4) is 11.5 Å². The van der Waals surface area contributed by atoms with Gasteiger partial charge in [-0.2, -0.15) is 5.01 Å². The Hall–Kier alpha value is -5.38. The van der Waals surface area contributed by atoms with Gasteiger partial charge in [-0.3, -0.25) is 29.5 Å². The van der Waals surface area contributed by atoms with Gasteiger partial charge in [-0.25, -0.2) is 0 Å². The van der Waals surface area contributed by atoms with Gasteiger partial charge in [0.05, 0.1) is 46.7 Å². The Labute approximate surface area is 322 Å². The highest BCUT2D eigenvalue weighted by Crippen LogP contribution is 2.64. The van der Waals surface area contributed by atoms with Crippen LogP contribution >= 0.6 is 23.2 Å². The molecule has 0 radical (unpaired) electrons. The summed E-state index contributed by atoms with van der Waals surface area (Å²) in [4.78, 5) is 60.4. The lowest BCUT2D eigenvalue weighted by Crippen LogP contribution is -2.53. The summed E-state index contributed by atoms with van der Waals surface area (Å²) in [7, 11) is 1.55. The van der Waals surface area contributed by atoms with Gasteiger partial charge in [-0.05, 0) is 103 Å². The van der Waals surface area contributed by atoms with Crippen molar-refractivity contribution in [3.63, 3.8) is 0 Å². The molecule has 3 fully saturated rings. The smallest absolute Gasteiger partial charge is 0.260 e. The molecule has 4 aliphatic rings. The number of phenolic OH excluding ortho intramolecular Hbond substituents is 1. The number of halogens is 2. The van der Waals surface area contributed by atoms with E-state index in [-0.39, 0.29) is 35.4 Å². The number of aromatic hydroxyl groups is 1. The number of anilines is 2. The molecule has 4 amide bonds. The molecular formula is C43H37Cl2N3O6. The lowest BCUT2D eigenvalue weighted by molar-refractivity contribution is -0.138. The van der Waals surface area contributed by atoms with Gasteiger partial charge in [0.25, 0.3) is 11.8 Å². The van der Waals surface area contributed by atoms with E-state index in [2.05, 4.69) is 12.0 Å². The van der Waals surface area contributed by atoms with Gasteiger partial charge in [0.2, 0.25) is 11.8 Å². The quantitative estimate of drug-likeness (QED) is 0.144. The average molecular weight is 763 g/mol. The molecule has 4 aromatic carbocycles. The number of hydrogen-bond donors (Lipinski definition) is 2. The van der Waals surface area contributed by atoms with Crippen molar-refractivity contribution in [3.05, 3.63) is 135 Å². The number of fused-ring (bicyclic) bond motifs is 4. The van der Waals surface area contributed by atoms with Crippen LogP contribution in [0.25, 0.3) is 6.08 Å².